The van der Waals surface area contributed by atoms with Gasteiger partial charge < -0.3 is 4.74 Å². The van der Waals surface area contributed by atoms with E-state index in [-0.39, 0.29) is 11.0 Å². The molecule has 1 heteroatoms. The van der Waals surface area contributed by atoms with Crippen LogP contribution in [0, 0.1) is 5.41 Å². The fourth-order valence-electron chi connectivity index (χ4n) is 4.18. The molecule has 0 radical (unpaired) electrons. The van der Waals surface area contributed by atoms with Gasteiger partial charge >= 0.3 is 0 Å². The van der Waals surface area contributed by atoms with Crippen molar-refractivity contribution >= 4 is 0 Å². The fourth-order valence-corrected chi connectivity index (χ4v) is 4.18. The average molecular weight is 365 g/mol. The van der Waals surface area contributed by atoms with Gasteiger partial charge in [-0.2, -0.15) is 0 Å². The molecule has 0 bridgehead atoms. The summed E-state index contributed by atoms with van der Waals surface area (Å²) < 4.78 is 6.68. The van der Waals surface area contributed by atoms with E-state index in [0.29, 0.717) is 0 Å². The lowest BCUT2D eigenvalue weighted by Crippen LogP contribution is -2.48. The molecule has 0 aliphatic rings. The van der Waals surface area contributed by atoms with E-state index < -0.39 is 0 Å². The molecular weight excluding hydrogens is 316 g/mol. The van der Waals surface area contributed by atoms with E-state index in [4.69, 9.17) is 4.74 Å². The Hall–Kier alpha value is -0.560. The molecular formula is C25H48O. The van der Waals surface area contributed by atoms with Gasteiger partial charge in [0, 0.05) is 12.0 Å². The van der Waals surface area contributed by atoms with Gasteiger partial charge in [-0.3, -0.25) is 0 Å². The first-order valence-corrected chi connectivity index (χ1v) is 11.5. The van der Waals surface area contributed by atoms with E-state index in [1.165, 1.54) is 64.2 Å². The summed E-state index contributed by atoms with van der Waals surface area (Å²) in [6.45, 7) is 18.4. The van der Waals surface area contributed by atoms with Crippen LogP contribution in [0.25, 0.3) is 0 Å². The molecule has 0 unspecified atom stereocenters. The summed E-state index contributed by atoms with van der Waals surface area (Å²) in [5.41, 5.74) is -0.223. The first kappa shape index (κ1) is 25.4. The SMILES string of the molecule is C=CC(C=C)(CCCCCCCC)C(CCCC)(CCCC)OCCC. The van der Waals surface area contributed by atoms with Crippen LogP contribution < -0.4 is 0 Å². The maximum absolute atomic E-state index is 6.68. The van der Waals surface area contributed by atoms with Crippen LogP contribution in [-0.4, -0.2) is 12.2 Å². The zero-order valence-electron chi connectivity index (χ0n) is 18.6. The van der Waals surface area contributed by atoms with E-state index in [1.807, 2.05) is 0 Å². The summed E-state index contributed by atoms with van der Waals surface area (Å²) in [4.78, 5) is 0. The molecule has 0 heterocycles. The number of unbranched alkanes of at least 4 members (excludes halogenated alkanes) is 7. The smallest absolute Gasteiger partial charge is 0.0807 e. The molecule has 0 aromatic heterocycles. The molecule has 0 aromatic rings. The van der Waals surface area contributed by atoms with Crippen LogP contribution in [0.5, 0.6) is 0 Å². The molecule has 0 saturated carbocycles. The van der Waals surface area contributed by atoms with Crippen molar-refractivity contribution in [3.8, 4) is 0 Å². The van der Waals surface area contributed by atoms with Crippen molar-refractivity contribution in [1.82, 2.24) is 0 Å². The summed E-state index contributed by atoms with van der Waals surface area (Å²) in [5.74, 6) is 0. The molecule has 0 aliphatic carbocycles. The molecule has 0 amide bonds. The monoisotopic (exact) mass is 364 g/mol. The van der Waals surface area contributed by atoms with Gasteiger partial charge in [-0.05, 0) is 25.7 Å². The normalized spacial score (nSPS) is 12.3. The quantitative estimate of drug-likeness (QED) is 0.164. The van der Waals surface area contributed by atoms with Crippen LogP contribution in [0.1, 0.15) is 118 Å². The van der Waals surface area contributed by atoms with Crippen LogP contribution in [0.4, 0.5) is 0 Å². The van der Waals surface area contributed by atoms with Crippen molar-refractivity contribution in [2.24, 2.45) is 5.41 Å². The highest BCUT2D eigenvalue weighted by molar-refractivity contribution is 5.17. The topological polar surface area (TPSA) is 9.23 Å². The zero-order valence-corrected chi connectivity index (χ0v) is 18.6. The summed E-state index contributed by atoms with van der Waals surface area (Å²) in [6.07, 6.45) is 21.6. The third-order valence-corrected chi connectivity index (χ3v) is 5.97. The Morgan fingerprint density at radius 1 is 0.615 bits per heavy atom. The fraction of sp³-hybridized carbons (Fsp3) is 0.840. The number of hydrogen-bond acceptors (Lipinski definition) is 1. The van der Waals surface area contributed by atoms with E-state index in [1.54, 1.807) is 0 Å². The summed E-state index contributed by atoms with van der Waals surface area (Å²) >= 11 is 0. The van der Waals surface area contributed by atoms with Gasteiger partial charge in [0.15, 0.2) is 0 Å². The number of rotatable bonds is 19. The largest absolute Gasteiger partial charge is 0.374 e. The molecule has 0 aromatic carbocycles. The molecule has 0 rings (SSSR count). The molecule has 26 heavy (non-hydrogen) atoms. The van der Waals surface area contributed by atoms with Gasteiger partial charge in [0.25, 0.3) is 0 Å². The standard InChI is InChI=1S/C25H48O/c1-7-13-16-17-18-19-20-24(11-5,12-6)25(21-14-8-2,22-15-9-3)26-23-10-4/h11-12H,5-10,13-23H2,1-4H3. The Morgan fingerprint density at radius 3 is 1.58 bits per heavy atom. The van der Waals surface area contributed by atoms with Crippen molar-refractivity contribution in [1.29, 1.82) is 0 Å². The Morgan fingerprint density at radius 2 is 1.12 bits per heavy atom. The van der Waals surface area contributed by atoms with Crippen molar-refractivity contribution in [2.45, 2.75) is 123 Å². The molecule has 154 valence electrons. The lowest BCUT2D eigenvalue weighted by Gasteiger charge is -2.48. The minimum atomic E-state index is -0.123. The lowest BCUT2D eigenvalue weighted by atomic mass is 9.64. The highest BCUT2D eigenvalue weighted by Crippen LogP contribution is 2.48. The zero-order chi connectivity index (χ0) is 19.7. The highest BCUT2D eigenvalue weighted by Gasteiger charge is 2.47. The van der Waals surface area contributed by atoms with Gasteiger partial charge in [0.1, 0.15) is 0 Å². The van der Waals surface area contributed by atoms with Crippen molar-refractivity contribution in [3.05, 3.63) is 25.3 Å². The second-order valence-electron chi connectivity index (χ2n) is 8.02. The van der Waals surface area contributed by atoms with Crippen molar-refractivity contribution < 1.29 is 4.74 Å². The Balaban J connectivity index is 5.34. The van der Waals surface area contributed by atoms with Crippen LogP contribution in [-0.2, 0) is 4.74 Å². The first-order valence-electron chi connectivity index (χ1n) is 11.5. The van der Waals surface area contributed by atoms with Crippen LogP contribution >= 0.6 is 0 Å². The molecule has 0 saturated heterocycles. The second kappa shape index (κ2) is 15.5. The maximum Gasteiger partial charge on any atom is 0.0807 e. The minimum absolute atomic E-state index is 0.0999. The molecule has 0 spiro atoms. The minimum Gasteiger partial charge on any atom is -0.374 e. The summed E-state index contributed by atoms with van der Waals surface area (Å²) in [6, 6.07) is 0. The van der Waals surface area contributed by atoms with Crippen molar-refractivity contribution in [2.75, 3.05) is 6.61 Å². The van der Waals surface area contributed by atoms with Gasteiger partial charge in [-0.1, -0.05) is 104 Å². The van der Waals surface area contributed by atoms with E-state index >= 15 is 0 Å². The van der Waals surface area contributed by atoms with Crippen LogP contribution in [0.15, 0.2) is 25.3 Å². The van der Waals surface area contributed by atoms with Gasteiger partial charge in [0.2, 0.25) is 0 Å². The van der Waals surface area contributed by atoms with Gasteiger partial charge in [-0.15, -0.1) is 13.2 Å². The molecule has 0 aliphatic heterocycles. The predicted octanol–water partition coefficient (Wildman–Crippen LogP) is 8.64. The average Bonchev–Trinajstić information content (AvgIpc) is 2.68. The first-order chi connectivity index (χ1) is 12.6. The number of ether oxygens (including phenoxy) is 1. The maximum atomic E-state index is 6.68. The van der Waals surface area contributed by atoms with Gasteiger partial charge in [-0.25, -0.2) is 0 Å². The van der Waals surface area contributed by atoms with Gasteiger partial charge in [0.05, 0.1) is 5.60 Å². The molecule has 0 N–H and O–H groups in total. The third kappa shape index (κ3) is 7.99. The van der Waals surface area contributed by atoms with Crippen molar-refractivity contribution in [3.63, 3.8) is 0 Å². The molecule has 1 nitrogen and oxygen atoms in total. The van der Waals surface area contributed by atoms with Crippen LogP contribution in [0.3, 0.4) is 0 Å². The second-order valence-corrected chi connectivity index (χ2v) is 8.02. The van der Waals surface area contributed by atoms with E-state index in [0.717, 1.165) is 32.3 Å². The summed E-state index contributed by atoms with van der Waals surface area (Å²) in [5, 5.41) is 0. The predicted molar refractivity (Wildman–Crippen MR) is 119 cm³/mol. The molecule has 0 atom stereocenters. The van der Waals surface area contributed by atoms with E-state index in [2.05, 4.69) is 53.0 Å². The Kier molecular flexibility index (Phi) is 15.2. The van der Waals surface area contributed by atoms with E-state index in [9.17, 15) is 0 Å². The third-order valence-electron chi connectivity index (χ3n) is 5.97. The Labute approximate surface area is 165 Å². The summed E-state index contributed by atoms with van der Waals surface area (Å²) in [7, 11) is 0. The lowest BCUT2D eigenvalue weighted by molar-refractivity contribution is -0.117. The number of hydrogen-bond donors (Lipinski definition) is 0. The highest BCUT2D eigenvalue weighted by atomic mass is 16.5. The molecule has 0 fully saturated rings. The van der Waals surface area contributed by atoms with Crippen LogP contribution in [0.2, 0.25) is 0 Å². The Bertz CT molecular complexity index is 314.